The predicted octanol–water partition coefficient (Wildman–Crippen LogP) is 3.37. The molecule has 4 atom stereocenters. The number of rotatable bonds is 3. The molecule has 0 spiro atoms. The standard InChI is InChI=1S/C17H29NO2/c1-12(2)20-17(19)11-18-15-9-5-3-7-13(15)14-8-4-6-10-16(14)18/h12-16H,3-11H2,1-2H3. The van der Waals surface area contributed by atoms with Crippen molar-refractivity contribution in [1.29, 1.82) is 0 Å². The molecule has 0 radical (unpaired) electrons. The molecule has 4 unspecified atom stereocenters. The molecule has 1 heterocycles. The van der Waals surface area contributed by atoms with Crippen molar-refractivity contribution in [3.05, 3.63) is 0 Å². The van der Waals surface area contributed by atoms with Gasteiger partial charge in [0.25, 0.3) is 0 Å². The van der Waals surface area contributed by atoms with E-state index in [9.17, 15) is 4.79 Å². The topological polar surface area (TPSA) is 29.5 Å². The highest BCUT2D eigenvalue weighted by atomic mass is 16.5. The van der Waals surface area contributed by atoms with Crippen LogP contribution in [0.5, 0.6) is 0 Å². The van der Waals surface area contributed by atoms with Crippen LogP contribution in [0.3, 0.4) is 0 Å². The molecule has 0 aromatic heterocycles. The summed E-state index contributed by atoms with van der Waals surface area (Å²) < 4.78 is 5.39. The average Bonchev–Trinajstić information content (AvgIpc) is 2.73. The van der Waals surface area contributed by atoms with Gasteiger partial charge in [0.2, 0.25) is 0 Å². The number of ether oxygens (including phenoxy) is 1. The Morgan fingerprint density at radius 2 is 1.50 bits per heavy atom. The maximum atomic E-state index is 12.1. The van der Waals surface area contributed by atoms with Crippen LogP contribution in [-0.4, -0.2) is 35.6 Å². The number of nitrogens with zero attached hydrogens (tertiary/aromatic N) is 1. The molecule has 0 amide bonds. The minimum absolute atomic E-state index is 0.00871. The molecule has 1 aliphatic heterocycles. The third-order valence-electron chi connectivity index (χ3n) is 5.64. The Balaban J connectivity index is 1.71. The lowest BCUT2D eigenvalue weighted by Crippen LogP contribution is -2.43. The molecule has 3 heteroatoms. The number of fused-ring (bicyclic) bond motifs is 3. The highest BCUT2D eigenvalue weighted by Gasteiger charge is 2.49. The normalized spacial score (nSPS) is 37.5. The van der Waals surface area contributed by atoms with E-state index < -0.39 is 0 Å². The second-order valence-corrected chi connectivity index (χ2v) is 7.24. The number of carbonyl (C=O) groups excluding carboxylic acids is 1. The molecule has 3 aliphatic rings. The van der Waals surface area contributed by atoms with Gasteiger partial charge in [-0.2, -0.15) is 0 Å². The zero-order valence-electron chi connectivity index (χ0n) is 13.0. The highest BCUT2D eigenvalue weighted by molar-refractivity contribution is 5.72. The van der Waals surface area contributed by atoms with E-state index in [0.29, 0.717) is 18.6 Å². The first kappa shape index (κ1) is 14.4. The molecule has 1 saturated heterocycles. The fraction of sp³-hybridized carbons (Fsp3) is 0.941. The quantitative estimate of drug-likeness (QED) is 0.742. The van der Waals surface area contributed by atoms with Crippen LogP contribution in [0.1, 0.15) is 65.2 Å². The molecule has 0 bridgehead atoms. The highest BCUT2D eigenvalue weighted by Crippen LogP contribution is 2.48. The van der Waals surface area contributed by atoms with E-state index in [0.717, 1.165) is 11.8 Å². The van der Waals surface area contributed by atoms with Crippen LogP contribution in [0, 0.1) is 11.8 Å². The van der Waals surface area contributed by atoms with Crippen molar-refractivity contribution in [2.75, 3.05) is 6.54 Å². The zero-order valence-corrected chi connectivity index (χ0v) is 13.0. The van der Waals surface area contributed by atoms with E-state index >= 15 is 0 Å². The smallest absolute Gasteiger partial charge is 0.320 e. The van der Waals surface area contributed by atoms with Crippen molar-refractivity contribution >= 4 is 5.97 Å². The largest absolute Gasteiger partial charge is 0.462 e. The summed E-state index contributed by atoms with van der Waals surface area (Å²) in [5.74, 6) is 1.71. The summed E-state index contributed by atoms with van der Waals surface area (Å²) in [6.07, 6.45) is 10.9. The molecule has 20 heavy (non-hydrogen) atoms. The predicted molar refractivity (Wildman–Crippen MR) is 79.4 cm³/mol. The summed E-state index contributed by atoms with van der Waals surface area (Å²) in [4.78, 5) is 14.6. The van der Waals surface area contributed by atoms with Crippen LogP contribution in [0.2, 0.25) is 0 Å². The number of carbonyl (C=O) groups is 1. The van der Waals surface area contributed by atoms with E-state index in [1.165, 1.54) is 51.4 Å². The molecule has 0 N–H and O–H groups in total. The lowest BCUT2D eigenvalue weighted by atomic mass is 9.73. The van der Waals surface area contributed by atoms with Crippen LogP contribution >= 0.6 is 0 Å². The summed E-state index contributed by atoms with van der Waals surface area (Å²) in [6.45, 7) is 4.41. The molecule has 3 rings (SSSR count). The van der Waals surface area contributed by atoms with Gasteiger partial charge in [-0.05, 0) is 51.4 Å². The van der Waals surface area contributed by atoms with Gasteiger partial charge in [-0.15, -0.1) is 0 Å². The van der Waals surface area contributed by atoms with E-state index in [1.54, 1.807) is 0 Å². The lowest BCUT2D eigenvalue weighted by Gasteiger charge is -2.33. The third-order valence-corrected chi connectivity index (χ3v) is 5.64. The molecule has 0 aromatic carbocycles. The Kier molecular flexibility index (Phi) is 4.34. The lowest BCUT2D eigenvalue weighted by molar-refractivity contribution is -0.149. The molecule has 2 saturated carbocycles. The first-order valence-corrected chi connectivity index (χ1v) is 8.62. The minimum Gasteiger partial charge on any atom is -0.462 e. The molecule has 3 nitrogen and oxygen atoms in total. The Bertz CT molecular complexity index is 333. The summed E-state index contributed by atoms with van der Waals surface area (Å²) in [6, 6.07) is 1.33. The monoisotopic (exact) mass is 279 g/mol. The van der Waals surface area contributed by atoms with Gasteiger partial charge >= 0.3 is 5.97 Å². The van der Waals surface area contributed by atoms with Crippen LogP contribution < -0.4 is 0 Å². The van der Waals surface area contributed by atoms with Gasteiger partial charge in [-0.1, -0.05) is 25.7 Å². The van der Waals surface area contributed by atoms with E-state index in [4.69, 9.17) is 4.74 Å². The SMILES string of the molecule is CC(C)OC(=O)CN1C2CCCCC2C2CCCCC21. The van der Waals surface area contributed by atoms with Gasteiger partial charge in [0, 0.05) is 12.1 Å². The number of esters is 1. The average molecular weight is 279 g/mol. The molecule has 114 valence electrons. The maximum absolute atomic E-state index is 12.1. The van der Waals surface area contributed by atoms with Gasteiger partial charge in [0.05, 0.1) is 12.6 Å². The first-order valence-electron chi connectivity index (χ1n) is 8.62. The molecule has 2 aliphatic carbocycles. The third kappa shape index (κ3) is 2.74. The van der Waals surface area contributed by atoms with Crippen LogP contribution in [0.4, 0.5) is 0 Å². The van der Waals surface area contributed by atoms with Crippen molar-refractivity contribution in [2.24, 2.45) is 11.8 Å². The molecule has 0 aromatic rings. The van der Waals surface area contributed by atoms with Crippen molar-refractivity contribution in [2.45, 2.75) is 83.4 Å². The van der Waals surface area contributed by atoms with Gasteiger partial charge < -0.3 is 4.74 Å². The fourth-order valence-corrected chi connectivity index (χ4v) is 5.03. The molecule has 3 fully saturated rings. The second kappa shape index (κ2) is 6.05. The fourth-order valence-electron chi connectivity index (χ4n) is 5.03. The van der Waals surface area contributed by atoms with Crippen molar-refractivity contribution in [3.8, 4) is 0 Å². The van der Waals surface area contributed by atoms with Crippen molar-refractivity contribution in [1.82, 2.24) is 4.90 Å². The molecular formula is C17H29NO2. The summed E-state index contributed by atoms with van der Waals surface area (Å²) in [5.41, 5.74) is 0. The van der Waals surface area contributed by atoms with Gasteiger partial charge in [0.15, 0.2) is 0 Å². The van der Waals surface area contributed by atoms with E-state index in [1.807, 2.05) is 13.8 Å². The van der Waals surface area contributed by atoms with Crippen LogP contribution in [-0.2, 0) is 9.53 Å². The Morgan fingerprint density at radius 3 is 2.00 bits per heavy atom. The Labute approximate surface area is 123 Å². The summed E-state index contributed by atoms with van der Waals surface area (Å²) >= 11 is 0. The van der Waals surface area contributed by atoms with E-state index in [2.05, 4.69) is 4.90 Å². The summed E-state index contributed by atoms with van der Waals surface area (Å²) in [5, 5.41) is 0. The van der Waals surface area contributed by atoms with Crippen LogP contribution in [0.25, 0.3) is 0 Å². The van der Waals surface area contributed by atoms with Gasteiger partial charge in [-0.25, -0.2) is 0 Å². The Hall–Kier alpha value is -0.570. The first-order chi connectivity index (χ1) is 9.66. The summed E-state index contributed by atoms with van der Waals surface area (Å²) in [7, 11) is 0. The van der Waals surface area contributed by atoms with Gasteiger partial charge in [0.1, 0.15) is 0 Å². The zero-order chi connectivity index (χ0) is 14.1. The molecular weight excluding hydrogens is 250 g/mol. The van der Waals surface area contributed by atoms with Crippen molar-refractivity contribution < 1.29 is 9.53 Å². The number of hydrogen-bond donors (Lipinski definition) is 0. The minimum atomic E-state index is -0.0180. The maximum Gasteiger partial charge on any atom is 0.320 e. The van der Waals surface area contributed by atoms with Crippen LogP contribution in [0.15, 0.2) is 0 Å². The Morgan fingerprint density at radius 1 is 1.00 bits per heavy atom. The van der Waals surface area contributed by atoms with Crippen molar-refractivity contribution in [3.63, 3.8) is 0 Å². The second-order valence-electron chi connectivity index (χ2n) is 7.24. The van der Waals surface area contributed by atoms with Gasteiger partial charge in [-0.3, -0.25) is 9.69 Å². The van der Waals surface area contributed by atoms with E-state index in [-0.39, 0.29) is 12.1 Å². The number of hydrogen-bond acceptors (Lipinski definition) is 3. The number of likely N-dealkylation sites (tertiary alicyclic amines) is 1.